The Morgan fingerprint density at radius 1 is 1.12 bits per heavy atom. The van der Waals surface area contributed by atoms with Crippen LogP contribution in [0.1, 0.15) is 16.2 Å². The normalized spacial score (nSPS) is 10.7. The highest BCUT2D eigenvalue weighted by molar-refractivity contribution is 6.03. The molecule has 3 aromatic rings. The maximum atomic E-state index is 12.4. The van der Waals surface area contributed by atoms with E-state index in [1.54, 1.807) is 11.6 Å². The zero-order valence-electron chi connectivity index (χ0n) is 13.2. The number of carbonyl (C=O) groups is 1. The van der Waals surface area contributed by atoms with Crippen LogP contribution in [0.3, 0.4) is 0 Å². The minimum Gasteiger partial charge on any atom is -0.435 e. The lowest BCUT2D eigenvalue weighted by Crippen LogP contribution is -2.14. The van der Waals surface area contributed by atoms with E-state index in [1.165, 1.54) is 24.3 Å². The van der Waals surface area contributed by atoms with Crippen molar-refractivity contribution in [1.29, 1.82) is 0 Å². The lowest BCUT2D eigenvalue weighted by Gasteiger charge is -2.07. The molecule has 0 aliphatic heterocycles. The molecule has 8 heteroatoms. The Bertz CT molecular complexity index is 864. The number of anilines is 1. The lowest BCUT2D eigenvalue weighted by molar-refractivity contribution is -0.0498. The monoisotopic (exact) mass is 344 g/mol. The van der Waals surface area contributed by atoms with Gasteiger partial charge in [-0.15, -0.1) is 5.10 Å². The molecule has 3 rings (SSSR count). The topological polar surface area (TPSA) is 69.0 Å². The molecule has 128 valence electrons. The van der Waals surface area contributed by atoms with Gasteiger partial charge in [-0.3, -0.25) is 4.79 Å². The fourth-order valence-electron chi connectivity index (χ4n) is 2.26. The van der Waals surface area contributed by atoms with Crippen molar-refractivity contribution in [3.05, 3.63) is 66.0 Å². The number of aromatic nitrogens is 3. The van der Waals surface area contributed by atoms with Crippen LogP contribution in [0.2, 0.25) is 0 Å². The third-order valence-electron chi connectivity index (χ3n) is 3.45. The molecule has 0 radical (unpaired) electrons. The van der Waals surface area contributed by atoms with Crippen LogP contribution < -0.4 is 10.1 Å². The average Bonchev–Trinajstić information content (AvgIpc) is 2.98. The summed E-state index contributed by atoms with van der Waals surface area (Å²) in [5, 5.41) is 10.6. The quantitative estimate of drug-likeness (QED) is 0.770. The Morgan fingerprint density at radius 3 is 2.44 bits per heavy atom. The highest BCUT2D eigenvalue weighted by atomic mass is 19.3. The van der Waals surface area contributed by atoms with Crippen molar-refractivity contribution in [3.63, 3.8) is 0 Å². The van der Waals surface area contributed by atoms with E-state index in [1.807, 2.05) is 30.3 Å². The number of benzene rings is 2. The minimum atomic E-state index is -2.89. The minimum absolute atomic E-state index is 0.0131. The molecule has 0 bridgehead atoms. The van der Waals surface area contributed by atoms with E-state index < -0.39 is 12.5 Å². The summed E-state index contributed by atoms with van der Waals surface area (Å²) in [4.78, 5) is 12.4. The first-order valence-corrected chi connectivity index (χ1v) is 7.38. The fraction of sp³-hybridized carbons (Fsp3) is 0.118. The smallest absolute Gasteiger partial charge is 0.387 e. The first-order valence-electron chi connectivity index (χ1n) is 7.38. The Balaban J connectivity index is 1.75. The van der Waals surface area contributed by atoms with E-state index in [0.29, 0.717) is 11.4 Å². The number of rotatable bonds is 5. The van der Waals surface area contributed by atoms with E-state index in [-0.39, 0.29) is 11.4 Å². The Kier molecular flexibility index (Phi) is 4.69. The SMILES string of the molecule is Cc1c(C(=O)Nc2ccc(OC(F)F)cc2)nnn1-c1ccccc1. The van der Waals surface area contributed by atoms with Crippen LogP contribution in [-0.4, -0.2) is 27.5 Å². The van der Waals surface area contributed by atoms with Crippen LogP contribution in [0.4, 0.5) is 14.5 Å². The van der Waals surface area contributed by atoms with Crippen molar-refractivity contribution in [3.8, 4) is 11.4 Å². The molecule has 1 heterocycles. The zero-order valence-corrected chi connectivity index (χ0v) is 13.2. The molecule has 0 spiro atoms. The molecule has 1 N–H and O–H groups in total. The van der Waals surface area contributed by atoms with Gasteiger partial charge in [0, 0.05) is 5.69 Å². The highest BCUT2D eigenvalue weighted by Gasteiger charge is 2.17. The maximum absolute atomic E-state index is 12.4. The van der Waals surface area contributed by atoms with Gasteiger partial charge in [0.25, 0.3) is 5.91 Å². The van der Waals surface area contributed by atoms with Gasteiger partial charge in [0.05, 0.1) is 11.4 Å². The third kappa shape index (κ3) is 3.79. The maximum Gasteiger partial charge on any atom is 0.387 e. The van der Waals surface area contributed by atoms with Crippen LogP contribution in [-0.2, 0) is 0 Å². The van der Waals surface area contributed by atoms with Crippen LogP contribution in [0.25, 0.3) is 5.69 Å². The molecule has 0 aliphatic carbocycles. The summed E-state index contributed by atoms with van der Waals surface area (Å²) in [6, 6.07) is 14.9. The van der Waals surface area contributed by atoms with Gasteiger partial charge in [-0.1, -0.05) is 23.4 Å². The van der Waals surface area contributed by atoms with Gasteiger partial charge in [0.2, 0.25) is 0 Å². The van der Waals surface area contributed by atoms with Crippen molar-refractivity contribution in [2.75, 3.05) is 5.32 Å². The van der Waals surface area contributed by atoms with Crippen molar-refractivity contribution < 1.29 is 18.3 Å². The van der Waals surface area contributed by atoms with Crippen molar-refractivity contribution in [2.45, 2.75) is 13.5 Å². The van der Waals surface area contributed by atoms with E-state index in [4.69, 9.17) is 0 Å². The van der Waals surface area contributed by atoms with Gasteiger partial charge in [0.15, 0.2) is 5.69 Å². The summed E-state index contributed by atoms with van der Waals surface area (Å²) in [7, 11) is 0. The summed E-state index contributed by atoms with van der Waals surface area (Å²) in [6.07, 6.45) is 0. The van der Waals surface area contributed by atoms with Gasteiger partial charge in [-0.25, -0.2) is 4.68 Å². The molecule has 0 atom stereocenters. The second kappa shape index (κ2) is 7.08. The number of halogens is 2. The molecule has 1 amide bonds. The Labute approximate surface area is 142 Å². The second-order valence-corrected chi connectivity index (χ2v) is 5.13. The number of carbonyl (C=O) groups excluding carboxylic acids is 1. The lowest BCUT2D eigenvalue weighted by atomic mass is 10.2. The number of nitrogens with one attached hydrogen (secondary N) is 1. The van der Waals surface area contributed by atoms with Crippen LogP contribution in [0.5, 0.6) is 5.75 Å². The van der Waals surface area contributed by atoms with E-state index >= 15 is 0 Å². The molecule has 0 unspecified atom stereocenters. The summed E-state index contributed by atoms with van der Waals surface area (Å²) in [6.45, 7) is -1.15. The Morgan fingerprint density at radius 2 is 1.80 bits per heavy atom. The van der Waals surface area contributed by atoms with Crippen LogP contribution in [0.15, 0.2) is 54.6 Å². The fourth-order valence-corrected chi connectivity index (χ4v) is 2.26. The van der Waals surface area contributed by atoms with Gasteiger partial charge in [0.1, 0.15) is 5.75 Å². The molecule has 0 saturated heterocycles. The first-order chi connectivity index (χ1) is 12.0. The van der Waals surface area contributed by atoms with Crippen molar-refractivity contribution in [1.82, 2.24) is 15.0 Å². The number of para-hydroxylation sites is 1. The number of alkyl halides is 2. The second-order valence-electron chi connectivity index (χ2n) is 5.13. The number of amides is 1. The predicted octanol–water partition coefficient (Wildman–Crippen LogP) is 3.43. The van der Waals surface area contributed by atoms with Gasteiger partial charge in [-0.05, 0) is 43.3 Å². The van der Waals surface area contributed by atoms with Gasteiger partial charge < -0.3 is 10.1 Å². The number of hydrogen-bond acceptors (Lipinski definition) is 4. The molecule has 2 aromatic carbocycles. The van der Waals surface area contributed by atoms with E-state index in [9.17, 15) is 13.6 Å². The summed E-state index contributed by atoms with van der Waals surface area (Å²) in [5.41, 5.74) is 1.98. The van der Waals surface area contributed by atoms with Crippen LogP contribution in [0, 0.1) is 6.92 Å². The van der Waals surface area contributed by atoms with Gasteiger partial charge >= 0.3 is 6.61 Å². The van der Waals surface area contributed by atoms with Crippen LogP contribution >= 0.6 is 0 Å². The molecule has 0 saturated carbocycles. The molecule has 0 aliphatic rings. The summed E-state index contributed by atoms with van der Waals surface area (Å²) >= 11 is 0. The summed E-state index contributed by atoms with van der Waals surface area (Å²) < 4.78 is 30.1. The molecular formula is C17H14F2N4O2. The standard InChI is InChI=1S/C17H14F2N4O2/c1-11-15(21-22-23(11)13-5-3-2-4-6-13)16(24)20-12-7-9-14(10-8-12)25-17(18)19/h2-10,17H,1H3,(H,20,24). The number of nitrogens with zero attached hydrogens (tertiary/aromatic N) is 3. The van der Waals surface area contributed by atoms with E-state index in [2.05, 4.69) is 20.4 Å². The molecule has 6 nitrogen and oxygen atoms in total. The molecule has 25 heavy (non-hydrogen) atoms. The van der Waals surface area contributed by atoms with E-state index in [0.717, 1.165) is 5.69 Å². The highest BCUT2D eigenvalue weighted by Crippen LogP contribution is 2.19. The number of hydrogen-bond donors (Lipinski definition) is 1. The summed E-state index contributed by atoms with van der Waals surface area (Å²) in [5.74, 6) is -0.429. The molecule has 1 aromatic heterocycles. The van der Waals surface area contributed by atoms with Crippen molar-refractivity contribution in [2.24, 2.45) is 0 Å². The van der Waals surface area contributed by atoms with Gasteiger partial charge in [-0.2, -0.15) is 8.78 Å². The largest absolute Gasteiger partial charge is 0.435 e. The van der Waals surface area contributed by atoms with Crippen molar-refractivity contribution >= 4 is 11.6 Å². The first kappa shape index (κ1) is 16.6. The number of ether oxygens (including phenoxy) is 1. The molecule has 0 fully saturated rings. The predicted molar refractivity (Wildman–Crippen MR) is 87.1 cm³/mol. The average molecular weight is 344 g/mol. The zero-order chi connectivity index (χ0) is 17.8. The molecular weight excluding hydrogens is 330 g/mol. The Hall–Kier alpha value is -3.29. The third-order valence-corrected chi connectivity index (χ3v) is 3.45.